The van der Waals surface area contributed by atoms with Crippen molar-refractivity contribution in [2.45, 2.75) is 32.8 Å². The second-order valence-corrected chi connectivity index (χ2v) is 5.46. The van der Waals surface area contributed by atoms with Crippen molar-refractivity contribution in [2.75, 3.05) is 18.8 Å². The molecule has 0 radical (unpaired) electrons. The normalized spacial score (nSPS) is 11.5. The van der Waals surface area contributed by atoms with Gasteiger partial charge in [-0.05, 0) is 20.8 Å². The van der Waals surface area contributed by atoms with Crippen LogP contribution in [0.5, 0.6) is 0 Å². The number of amides is 1. The minimum Gasteiger partial charge on any atom is -0.389 e. The first-order valence-corrected chi connectivity index (χ1v) is 6.40. The Morgan fingerprint density at radius 1 is 1.65 bits per heavy atom. The second kappa shape index (κ2) is 5.46. The third-order valence-corrected chi connectivity index (χ3v) is 2.94. The van der Waals surface area contributed by atoms with E-state index in [-0.39, 0.29) is 12.3 Å². The van der Waals surface area contributed by atoms with Crippen LogP contribution >= 0.6 is 11.3 Å². The summed E-state index contributed by atoms with van der Waals surface area (Å²) in [4.78, 5) is 17.6. The molecule has 6 heteroatoms. The number of likely N-dealkylation sites (N-methyl/N-ethyl adjacent to an activating group) is 1. The molecule has 1 heterocycles. The van der Waals surface area contributed by atoms with Crippen LogP contribution < -0.4 is 5.73 Å². The van der Waals surface area contributed by atoms with Gasteiger partial charge in [0.2, 0.25) is 5.91 Å². The highest BCUT2D eigenvalue weighted by Crippen LogP contribution is 2.13. The average Bonchev–Trinajstić information content (AvgIpc) is 2.59. The van der Waals surface area contributed by atoms with Crippen LogP contribution in [0.15, 0.2) is 5.38 Å². The van der Waals surface area contributed by atoms with Crippen molar-refractivity contribution < 1.29 is 9.90 Å². The molecule has 0 atom stereocenters. The van der Waals surface area contributed by atoms with Gasteiger partial charge in [-0.25, -0.2) is 4.98 Å². The van der Waals surface area contributed by atoms with E-state index in [2.05, 4.69) is 4.98 Å². The van der Waals surface area contributed by atoms with Gasteiger partial charge in [-0.2, -0.15) is 0 Å². The van der Waals surface area contributed by atoms with Crippen LogP contribution in [-0.2, 0) is 11.2 Å². The number of hydrogen-bond donors (Lipinski definition) is 2. The third kappa shape index (κ3) is 4.70. The Bertz CT molecular complexity index is 384. The second-order valence-electron chi connectivity index (χ2n) is 4.57. The SMILES string of the molecule is CCN(CC(C)(C)O)C(=O)Cc1csc(N)n1. The van der Waals surface area contributed by atoms with Gasteiger partial charge in [0, 0.05) is 18.5 Å². The molecule has 0 saturated carbocycles. The van der Waals surface area contributed by atoms with Crippen molar-refractivity contribution in [1.29, 1.82) is 0 Å². The van der Waals surface area contributed by atoms with E-state index < -0.39 is 5.60 Å². The van der Waals surface area contributed by atoms with Gasteiger partial charge in [0.25, 0.3) is 0 Å². The number of hydrogen-bond acceptors (Lipinski definition) is 5. The Kier molecular flexibility index (Phi) is 4.47. The first-order chi connectivity index (χ1) is 7.81. The summed E-state index contributed by atoms with van der Waals surface area (Å²) in [6.45, 7) is 6.15. The molecule has 96 valence electrons. The van der Waals surface area contributed by atoms with Gasteiger partial charge in [0.1, 0.15) is 0 Å². The van der Waals surface area contributed by atoms with Gasteiger partial charge >= 0.3 is 0 Å². The Balaban J connectivity index is 2.61. The maximum absolute atomic E-state index is 12.0. The lowest BCUT2D eigenvalue weighted by molar-refractivity contribution is -0.133. The molecule has 17 heavy (non-hydrogen) atoms. The van der Waals surface area contributed by atoms with Crippen LogP contribution in [0.4, 0.5) is 5.13 Å². The molecule has 1 rings (SSSR count). The molecule has 0 fully saturated rings. The number of nitrogen functional groups attached to an aromatic ring is 1. The lowest BCUT2D eigenvalue weighted by Crippen LogP contribution is -2.42. The molecule has 0 saturated heterocycles. The zero-order valence-electron chi connectivity index (χ0n) is 10.4. The van der Waals surface area contributed by atoms with E-state index in [1.807, 2.05) is 6.92 Å². The van der Waals surface area contributed by atoms with Gasteiger partial charge in [-0.3, -0.25) is 4.79 Å². The van der Waals surface area contributed by atoms with Crippen molar-refractivity contribution in [3.63, 3.8) is 0 Å². The minimum atomic E-state index is -0.882. The van der Waals surface area contributed by atoms with Crippen LogP contribution in [0, 0.1) is 0 Å². The fraction of sp³-hybridized carbons (Fsp3) is 0.636. The van der Waals surface area contributed by atoms with E-state index in [0.29, 0.717) is 23.9 Å². The number of thiazole rings is 1. The number of aromatic nitrogens is 1. The Morgan fingerprint density at radius 3 is 2.71 bits per heavy atom. The first kappa shape index (κ1) is 13.9. The molecule has 1 aromatic heterocycles. The molecular formula is C11H19N3O2S. The maximum atomic E-state index is 12.0. The standard InChI is InChI=1S/C11H19N3O2S/c1-4-14(7-11(2,3)16)9(15)5-8-6-17-10(12)13-8/h6,16H,4-5,7H2,1-3H3,(H2,12,13). The molecule has 3 N–H and O–H groups in total. The number of nitrogens with two attached hydrogens (primary N) is 1. The van der Waals surface area contributed by atoms with Gasteiger partial charge in [-0.1, -0.05) is 0 Å². The largest absolute Gasteiger partial charge is 0.389 e. The minimum absolute atomic E-state index is 0.0417. The van der Waals surface area contributed by atoms with E-state index in [4.69, 9.17) is 5.73 Å². The highest BCUT2D eigenvalue weighted by molar-refractivity contribution is 7.13. The monoisotopic (exact) mass is 257 g/mol. The summed E-state index contributed by atoms with van der Waals surface area (Å²) < 4.78 is 0. The molecule has 0 aromatic carbocycles. The summed E-state index contributed by atoms with van der Waals surface area (Å²) in [5, 5.41) is 12.0. The van der Waals surface area contributed by atoms with Crippen LogP contribution in [0.3, 0.4) is 0 Å². The summed E-state index contributed by atoms with van der Waals surface area (Å²) in [6.07, 6.45) is 0.234. The van der Waals surface area contributed by atoms with Gasteiger partial charge < -0.3 is 15.7 Å². The lowest BCUT2D eigenvalue weighted by Gasteiger charge is -2.27. The highest BCUT2D eigenvalue weighted by Gasteiger charge is 2.21. The molecular weight excluding hydrogens is 238 g/mol. The third-order valence-electron chi connectivity index (χ3n) is 2.21. The molecule has 1 aromatic rings. The summed E-state index contributed by atoms with van der Waals surface area (Å²) >= 11 is 1.33. The number of aliphatic hydroxyl groups is 1. The Hall–Kier alpha value is -1.14. The summed E-state index contributed by atoms with van der Waals surface area (Å²) in [7, 11) is 0. The van der Waals surface area contributed by atoms with Crippen LogP contribution in [0.25, 0.3) is 0 Å². The molecule has 0 bridgehead atoms. The first-order valence-electron chi connectivity index (χ1n) is 5.52. The van der Waals surface area contributed by atoms with Crippen LogP contribution in [0.2, 0.25) is 0 Å². The number of carbonyl (C=O) groups is 1. The summed E-state index contributed by atoms with van der Waals surface area (Å²) in [5.74, 6) is -0.0417. The predicted octanol–water partition coefficient (Wildman–Crippen LogP) is 0.887. The van der Waals surface area contributed by atoms with Crippen molar-refractivity contribution in [1.82, 2.24) is 9.88 Å². The summed E-state index contributed by atoms with van der Waals surface area (Å²) in [6, 6.07) is 0. The van der Waals surface area contributed by atoms with Gasteiger partial charge in [0.05, 0.1) is 17.7 Å². The Labute approximate surface area is 105 Å². The molecule has 0 unspecified atom stereocenters. The molecule has 0 aliphatic carbocycles. The average molecular weight is 257 g/mol. The topological polar surface area (TPSA) is 79.5 Å². The van der Waals surface area contributed by atoms with Crippen molar-refractivity contribution in [3.05, 3.63) is 11.1 Å². The van der Waals surface area contributed by atoms with Crippen LogP contribution in [0.1, 0.15) is 26.5 Å². The molecule has 1 amide bonds. The molecule has 0 aliphatic rings. The van der Waals surface area contributed by atoms with E-state index >= 15 is 0 Å². The summed E-state index contributed by atoms with van der Waals surface area (Å²) in [5.41, 5.74) is 5.31. The zero-order valence-corrected chi connectivity index (χ0v) is 11.3. The smallest absolute Gasteiger partial charge is 0.228 e. The molecule has 0 spiro atoms. The van der Waals surface area contributed by atoms with Crippen molar-refractivity contribution >= 4 is 22.4 Å². The Morgan fingerprint density at radius 2 is 2.29 bits per heavy atom. The zero-order chi connectivity index (χ0) is 13.1. The van der Waals surface area contributed by atoms with Crippen LogP contribution in [-0.4, -0.2) is 39.6 Å². The van der Waals surface area contributed by atoms with E-state index in [9.17, 15) is 9.90 Å². The maximum Gasteiger partial charge on any atom is 0.228 e. The van der Waals surface area contributed by atoms with E-state index in [1.54, 1.807) is 24.1 Å². The lowest BCUT2D eigenvalue weighted by atomic mass is 10.1. The highest BCUT2D eigenvalue weighted by atomic mass is 32.1. The fourth-order valence-electron chi connectivity index (χ4n) is 1.51. The number of anilines is 1. The molecule has 5 nitrogen and oxygen atoms in total. The van der Waals surface area contributed by atoms with E-state index in [1.165, 1.54) is 11.3 Å². The van der Waals surface area contributed by atoms with Crippen molar-refractivity contribution in [3.8, 4) is 0 Å². The predicted molar refractivity (Wildman–Crippen MR) is 68.8 cm³/mol. The number of carbonyl (C=O) groups excluding carboxylic acids is 1. The number of rotatable bonds is 5. The number of nitrogens with zero attached hydrogens (tertiary/aromatic N) is 2. The van der Waals surface area contributed by atoms with Crippen molar-refractivity contribution in [2.24, 2.45) is 0 Å². The quantitative estimate of drug-likeness (QED) is 0.821. The molecule has 0 aliphatic heterocycles. The van der Waals surface area contributed by atoms with Gasteiger partial charge in [-0.15, -0.1) is 11.3 Å². The fourth-order valence-corrected chi connectivity index (χ4v) is 2.08. The van der Waals surface area contributed by atoms with E-state index in [0.717, 1.165) is 0 Å². The van der Waals surface area contributed by atoms with Gasteiger partial charge in [0.15, 0.2) is 5.13 Å².